The SMILES string of the molecule is Cc1ccc2cc([C@H](C)C(=O)O)ccc2c1.OCc1cccc(CO)n1. The monoisotopic (exact) mass is 353 g/mol. The van der Waals surface area contributed by atoms with E-state index in [9.17, 15) is 4.79 Å². The molecule has 0 amide bonds. The second-order valence-electron chi connectivity index (χ2n) is 6.11. The predicted molar refractivity (Wildman–Crippen MR) is 101 cm³/mol. The number of aliphatic carboxylic acids is 1. The van der Waals surface area contributed by atoms with Crippen LogP contribution in [0.1, 0.15) is 35.4 Å². The second kappa shape index (κ2) is 9.08. The lowest BCUT2D eigenvalue weighted by Gasteiger charge is -2.08. The molecule has 26 heavy (non-hydrogen) atoms. The summed E-state index contributed by atoms with van der Waals surface area (Å²) >= 11 is 0. The topological polar surface area (TPSA) is 90.7 Å². The maximum atomic E-state index is 10.9. The normalized spacial score (nSPS) is 11.5. The quantitative estimate of drug-likeness (QED) is 0.669. The number of rotatable bonds is 4. The number of aromatic nitrogens is 1. The highest BCUT2D eigenvalue weighted by Gasteiger charge is 2.13. The number of carbonyl (C=O) groups is 1. The first-order chi connectivity index (χ1) is 12.4. The third-order valence-corrected chi connectivity index (χ3v) is 4.08. The van der Waals surface area contributed by atoms with E-state index in [0.717, 1.165) is 16.3 Å². The molecule has 5 nitrogen and oxygen atoms in total. The van der Waals surface area contributed by atoms with E-state index < -0.39 is 11.9 Å². The van der Waals surface area contributed by atoms with E-state index in [1.165, 1.54) is 5.56 Å². The van der Waals surface area contributed by atoms with Crippen LogP contribution < -0.4 is 0 Å². The van der Waals surface area contributed by atoms with Gasteiger partial charge in [0, 0.05) is 0 Å². The van der Waals surface area contributed by atoms with Crippen molar-refractivity contribution in [2.24, 2.45) is 0 Å². The van der Waals surface area contributed by atoms with Crippen LogP contribution in [0.25, 0.3) is 10.8 Å². The number of nitrogens with zero attached hydrogens (tertiary/aromatic N) is 1. The second-order valence-corrected chi connectivity index (χ2v) is 6.11. The number of aliphatic hydroxyl groups excluding tert-OH is 2. The van der Waals surface area contributed by atoms with Crippen molar-refractivity contribution in [3.8, 4) is 0 Å². The summed E-state index contributed by atoms with van der Waals surface area (Å²) in [5, 5.41) is 28.4. The van der Waals surface area contributed by atoms with E-state index in [0.29, 0.717) is 11.4 Å². The van der Waals surface area contributed by atoms with Crippen molar-refractivity contribution in [3.05, 3.63) is 77.1 Å². The standard InChI is InChI=1S/C14H14O2.C7H9NO2/c1-9-3-4-13-8-11(10(2)14(15)16)5-6-12(13)7-9;9-4-6-2-1-3-7(5-10)8-6/h3-8,10H,1-2H3,(H,15,16);1-3,9-10H,4-5H2/t10-;/m0./s1. The van der Waals surface area contributed by atoms with Gasteiger partial charge in [-0.2, -0.15) is 0 Å². The Balaban J connectivity index is 0.000000209. The van der Waals surface area contributed by atoms with Crippen LogP contribution in [0.4, 0.5) is 0 Å². The Morgan fingerprint density at radius 1 is 0.962 bits per heavy atom. The molecule has 136 valence electrons. The summed E-state index contributed by atoms with van der Waals surface area (Å²) in [7, 11) is 0. The first-order valence-electron chi connectivity index (χ1n) is 8.34. The fourth-order valence-corrected chi connectivity index (χ4v) is 2.50. The smallest absolute Gasteiger partial charge is 0.310 e. The van der Waals surface area contributed by atoms with Crippen molar-refractivity contribution in [2.75, 3.05) is 0 Å². The summed E-state index contributed by atoms with van der Waals surface area (Å²) in [6, 6.07) is 17.2. The van der Waals surface area contributed by atoms with Crippen LogP contribution in [0.15, 0.2) is 54.6 Å². The van der Waals surface area contributed by atoms with Crippen molar-refractivity contribution in [1.82, 2.24) is 4.98 Å². The maximum absolute atomic E-state index is 10.9. The lowest BCUT2D eigenvalue weighted by atomic mass is 9.97. The molecule has 0 bridgehead atoms. The van der Waals surface area contributed by atoms with Gasteiger partial charge in [-0.05, 0) is 42.3 Å². The number of hydrogen-bond acceptors (Lipinski definition) is 4. The summed E-state index contributed by atoms with van der Waals surface area (Å²) in [6.07, 6.45) is 0. The molecule has 0 aliphatic heterocycles. The van der Waals surface area contributed by atoms with Gasteiger partial charge in [-0.3, -0.25) is 9.78 Å². The molecule has 0 saturated heterocycles. The largest absolute Gasteiger partial charge is 0.481 e. The number of carboxylic acid groups (broad SMARTS) is 1. The van der Waals surface area contributed by atoms with Crippen LogP contribution in [0.2, 0.25) is 0 Å². The van der Waals surface area contributed by atoms with Crippen LogP contribution in [-0.2, 0) is 18.0 Å². The molecular weight excluding hydrogens is 330 g/mol. The number of aryl methyl sites for hydroxylation is 1. The zero-order valence-corrected chi connectivity index (χ0v) is 14.9. The summed E-state index contributed by atoms with van der Waals surface area (Å²) in [5.74, 6) is -1.24. The molecule has 3 N–H and O–H groups in total. The van der Waals surface area contributed by atoms with Crippen molar-refractivity contribution in [3.63, 3.8) is 0 Å². The van der Waals surface area contributed by atoms with Gasteiger partial charge in [-0.25, -0.2) is 0 Å². The highest BCUT2D eigenvalue weighted by Crippen LogP contribution is 2.22. The lowest BCUT2D eigenvalue weighted by Crippen LogP contribution is -2.06. The van der Waals surface area contributed by atoms with Crippen LogP contribution in [0.3, 0.4) is 0 Å². The van der Waals surface area contributed by atoms with Crippen LogP contribution >= 0.6 is 0 Å². The molecule has 1 atom stereocenters. The molecule has 3 rings (SSSR count). The number of aliphatic hydroxyl groups is 2. The van der Waals surface area contributed by atoms with Crippen LogP contribution in [0.5, 0.6) is 0 Å². The molecule has 0 spiro atoms. The van der Waals surface area contributed by atoms with Crippen molar-refractivity contribution in [1.29, 1.82) is 0 Å². The number of benzene rings is 2. The fraction of sp³-hybridized carbons (Fsp3) is 0.238. The Bertz CT molecular complexity index is 873. The summed E-state index contributed by atoms with van der Waals surface area (Å²) < 4.78 is 0. The molecule has 0 saturated carbocycles. The zero-order chi connectivity index (χ0) is 19.1. The predicted octanol–water partition coefficient (Wildman–Crippen LogP) is 3.40. The molecule has 0 unspecified atom stereocenters. The van der Waals surface area contributed by atoms with Crippen molar-refractivity contribution in [2.45, 2.75) is 33.0 Å². The first kappa shape index (κ1) is 19.6. The van der Waals surface area contributed by atoms with E-state index in [2.05, 4.69) is 11.1 Å². The number of hydrogen-bond donors (Lipinski definition) is 3. The molecule has 0 radical (unpaired) electrons. The Labute approximate surface area is 152 Å². The third-order valence-electron chi connectivity index (χ3n) is 4.08. The molecule has 5 heteroatoms. The highest BCUT2D eigenvalue weighted by atomic mass is 16.4. The maximum Gasteiger partial charge on any atom is 0.310 e. The van der Waals surface area contributed by atoms with E-state index >= 15 is 0 Å². The van der Waals surface area contributed by atoms with Crippen LogP contribution in [0, 0.1) is 6.92 Å². The Morgan fingerprint density at radius 3 is 2.12 bits per heavy atom. The van der Waals surface area contributed by atoms with E-state index in [4.69, 9.17) is 15.3 Å². The minimum absolute atomic E-state index is 0.0756. The van der Waals surface area contributed by atoms with Gasteiger partial charge in [0.1, 0.15) is 0 Å². The molecule has 0 aliphatic carbocycles. The minimum atomic E-state index is -0.786. The fourth-order valence-electron chi connectivity index (χ4n) is 2.50. The van der Waals surface area contributed by atoms with E-state index in [1.807, 2.05) is 37.3 Å². The molecule has 0 fully saturated rings. The van der Waals surface area contributed by atoms with Gasteiger partial charge in [0.2, 0.25) is 0 Å². The molecule has 2 aromatic carbocycles. The summed E-state index contributed by atoms with van der Waals surface area (Å²) in [5.41, 5.74) is 3.24. The average molecular weight is 353 g/mol. The molecule has 0 aliphatic rings. The van der Waals surface area contributed by atoms with Gasteiger partial charge in [-0.1, -0.05) is 48.0 Å². The van der Waals surface area contributed by atoms with E-state index in [-0.39, 0.29) is 13.2 Å². The number of carboxylic acids is 1. The van der Waals surface area contributed by atoms with Gasteiger partial charge in [0.15, 0.2) is 0 Å². The van der Waals surface area contributed by atoms with Crippen LogP contribution in [-0.4, -0.2) is 26.3 Å². The lowest BCUT2D eigenvalue weighted by molar-refractivity contribution is -0.138. The van der Waals surface area contributed by atoms with Gasteiger partial charge in [-0.15, -0.1) is 0 Å². The average Bonchev–Trinajstić information content (AvgIpc) is 2.67. The van der Waals surface area contributed by atoms with Gasteiger partial charge in [0.05, 0.1) is 30.5 Å². The van der Waals surface area contributed by atoms with Gasteiger partial charge < -0.3 is 15.3 Å². The van der Waals surface area contributed by atoms with Crippen molar-refractivity contribution < 1.29 is 20.1 Å². The Hall–Kier alpha value is -2.76. The summed E-state index contributed by atoms with van der Waals surface area (Å²) in [4.78, 5) is 14.8. The number of fused-ring (bicyclic) bond motifs is 1. The Morgan fingerprint density at radius 2 is 1.54 bits per heavy atom. The van der Waals surface area contributed by atoms with Gasteiger partial charge in [0.25, 0.3) is 0 Å². The first-order valence-corrected chi connectivity index (χ1v) is 8.34. The number of pyridine rings is 1. The minimum Gasteiger partial charge on any atom is -0.481 e. The molecular formula is C21H23NO4. The third kappa shape index (κ3) is 5.12. The molecule has 3 aromatic rings. The molecule has 1 aromatic heterocycles. The molecule has 1 heterocycles. The van der Waals surface area contributed by atoms with Crippen molar-refractivity contribution >= 4 is 16.7 Å². The van der Waals surface area contributed by atoms with E-state index in [1.54, 1.807) is 25.1 Å². The zero-order valence-electron chi connectivity index (χ0n) is 14.9. The highest BCUT2D eigenvalue weighted by molar-refractivity contribution is 5.85. The summed E-state index contributed by atoms with van der Waals surface area (Å²) in [6.45, 7) is 3.60. The van der Waals surface area contributed by atoms with Gasteiger partial charge >= 0.3 is 5.97 Å². The Kier molecular flexibility index (Phi) is 6.83.